The molecule has 0 spiro atoms. The Kier molecular flexibility index (Phi) is 5.08. The number of phenols is 1. The SMILES string of the molecule is O=C(CCc1cncs1)Nc1ccc(Nc2ccc(O)cc2)cc1. The van der Waals surface area contributed by atoms with Crippen molar-refractivity contribution < 1.29 is 9.90 Å². The Morgan fingerprint density at radius 1 is 1.00 bits per heavy atom. The third-order valence-electron chi connectivity index (χ3n) is 3.41. The minimum atomic E-state index is -0.0114. The number of nitrogens with zero attached hydrogens (tertiary/aromatic N) is 1. The van der Waals surface area contributed by atoms with E-state index in [2.05, 4.69) is 15.6 Å². The van der Waals surface area contributed by atoms with Crippen LogP contribution < -0.4 is 10.6 Å². The molecule has 0 radical (unpaired) electrons. The summed E-state index contributed by atoms with van der Waals surface area (Å²) in [6, 6.07) is 14.3. The van der Waals surface area contributed by atoms with Crippen molar-refractivity contribution in [2.45, 2.75) is 12.8 Å². The predicted octanol–water partition coefficient (Wildman–Crippen LogP) is 4.16. The third-order valence-corrected chi connectivity index (χ3v) is 4.25. The van der Waals surface area contributed by atoms with Crippen LogP contribution in [0.1, 0.15) is 11.3 Å². The summed E-state index contributed by atoms with van der Waals surface area (Å²) in [6.45, 7) is 0. The van der Waals surface area contributed by atoms with Crippen LogP contribution in [0, 0.1) is 0 Å². The van der Waals surface area contributed by atoms with Crippen molar-refractivity contribution in [1.82, 2.24) is 4.98 Å². The molecule has 5 nitrogen and oxygen atoms in total. The first kappa shape index (κ1) is 16.0. The Balaban J connectivity index is 1.52. The summed E-state index contributed by atoms with van der Waals surface area (Å²) < 4.78 is 0. The van der Waals surface area contributed by atoms with E-state index in [1.165, 1.54) is 0 Å². The highest BCUT2D eigenvalue weighted by Gasteiger charge is 2.04. The number of carbonyl (C=O) groups is 1. The Morgan fingerprint density at radius 3 is 2.25 bits per heavy atom. The van der Waals surface area contributed by atoms with E-state index in [9.17, 15) is 9.90 Å². The first-order valence-corrected chi connectivity index (χ1v) is 8.40. The molecular weight excluding hydrogens is 322 g/mol. The minimum absolute atomic E-state index is 0.0114. The second-order valence-electron chi connectivity index (χ2n) is 5.27. The van der Waals surface area contributed by atoms with Crippen molar-refractivity contribution in [2.75, 3.05) is 10.6 Å². The molecule has 3 aromatic rings. The van der Waals surface area contributed by atoms with Crippen molar-refractivity contribution in [3.8, 4) is 5.75 Å². The van der Waals surface area contributed by atoms with Gasteiger partial charge in [-0.3, -0.25) is 9.78 Å². The van der Waals surface area contributed by atoms with Crippen LogP contribution in [0.5, 0.6) is 5.75 Å². The maximum absolute atomic E-state index is 11.9. The van der Waals surface area contributed by atoms with Gasteiger partial charge in [0.05, 0.1) is 5.51 Å². The molecule has 3 N–H and O–H groups in total. The van der Waals surface area contributed by atoms with E-state index in [0.29, 0.717) is 12.8 Å². The molecule has 1 aromatic heterocycles. The molecule has 0 aliphatic carbocycles. The Bertz CT molecular complexity index is 784. The molecule has 1 amide bonds. The van der Waals surface area contributed by atoms with Gasteiger partial charge in [-0.2, -0.15) is 0 Å². The third kappa shape index (κ3) is 4.57. The van der Waals surface area contributed by atoms with Crippen LogP contribution in [0.2, 0.25) is 0 Å². The van der Waals surface area contributed by atoms with Gasteiger partial charge in [-0.1, -0.05) is 0 Å². The zero-order valence-corrected chi connectivity index (χ0v) is 13.7. The number of phenolic OH excluding ortho intramolecular Hbond substituents is 1. The lowest BCUT2D eigenvalue weighted by atomic mass is 10.2. The fraction of sp³-hybridized carbons (Fsp3) is 0.111. The van der Waals surface area contributed by atoms with Crippen molar-refractivity contribution in [2.24, 2.45) is 0 Å². The number of thiazole rings is 1. The van der Waals surface area contributed by atoms with Crippen LogP contribution in [0.15, 0.2) is 60.2 Å². The van der Waals surface area contributed by atoms with Gasteiger partial charge in [-0.15, -0.1) is 11.3 Å². The zero-order valence-electron chi connectivity index (χ0n) is 12.9. The van der Waals surface area contributed by atoms with Crippen LogP contribution in [0.3, 0.4) is 0 Å². The normalized spacial score (nSPS) is 10.3. The summed E-state index contributed by atoms with van der Waals surface area (Å²) in [5.74, 6) is 0.222. The highest BCUT2D eigenvalue weighted by Crippen LogP contribution is 2.21. The van der Waals surface area contributed by atoms with Crippen molar-refractivity contribution in [1.29, 1.82) is 0 Å². The molecule has 2 aromatic carbocycles. The van der Waals surface area contributed by atoms with Crippen LogP contribution in [0.25, 0.3) is 0 Å². The second-order valence-corrected chi connectivity index (χ2v) is 6.24. The molecule has 24 heavy (non-hydrogen) atoms. The molecule has 0 saturated carbocycles. The van der Waals surface area contributed by atoms with Gasteiger partial charge >= 0.3 is 0 Å². The maximum Gasteiger partial charge on any atom is 0.224 e. The van der Waals surface area contributed by atoms with Crippen molar-refractivity contribution in [3.05, 3.63) is 65.1 Å². The number of aromatic hydroxyl groups is 1. The standard InChI is InChI=1S/C18H17N3O2S/c22-16-7-5-14(6-8-16)20-13-1-3-15(4-2-13)21-18(23)10-9-17-11-19-12-24-17/h1-8,11-12,20,22H,9-10H2,(H,21,23). The summed E-state index contributed by atoms with van der Waals surface area (Å²) in [7, 11) is 0. The number of benzene rings is 2. The Morgan fingerprint density at radius 2 is 1.62 bits per heavy atom. The summed E-state index contributed by atoms with van der Waals surface area (Å²) in [5.41, 5.74) is 4.32. The average molecular weight is 339 g/mol. The van der Waals surface area contributed by atoms with Crippen molar-refractivity contribution >= 4 is 34.3 Å². The molecule has 122 valence electrons. The van der Waals surface area contributed by atoms with E-state index >= 15 is 0 Å². The molecule has 0 aliphatic heterocycles. The molecule has 3 rings (SSSR count). The van der Waals surface area contributed by atoms with E-state index < -0.39 is 0 Å². The van der Waals surface area contributed by atoms with Crippen molar-refractivity contribution in [3.63, 3.8) is 0 Å². The van der Waals surface area contributed by atoms with Gasteiger partial charge in [-0.25, -0.2) is 0 Å². The number of carbonyl (C=O) groups excluding carboxylic acids is 1. The smallest absolute Gasteiger partial charge is 0.224 e. The van der Waals surface area contributed by atoms with Gasteiger partial charge in [0.2, 0.25) is 5.91 Å². The maximum atomic E-state index is 11.9. The monoisotopic (exact) mass is 339 g/mol. The molecule has 0 fully saturated rings. The molecule has 0 saturated heterocycles. The number of amides is 1. The minimum Gasteiger partial charge on any atom is -0.508 e. The number of rotatable bonds is 6. The van der Waals surface area contributed by atoms with E-state index in [4.69, 9.17) is 0 Å². The highest BCUT2D eigenvalue weighted by atomic mass is 32.1. The number of anilines is 3. The highest BCUT2D eigenvalue weighted by molar-refractivity contribution is 7.09. The van der Waals surface area contributed by atoms with Crippen LogP contribution in [-0.2, 0) is 11.2 Å². The summed E-state index contributed by atoms with van der Waals surface area (Å²) in [5, 5.41) is 15.4. The molecule has 1 heterocycles. The quantitative estimate of drug-likeness (QED) is 0.590. The first-order valence-electron chi connectivity index (χ1n) is 7.52. The molecule has 0 bridgehead atoms. The summed E-state index contributed by atoms with van der Waals surface area (Å²) in [4.78, 5) is 17.1. The molecular formula is C18H17N3O2S. The van der Waals surface area contributed by atoms with Gasteiger partial charge in [-0.05, 0) is 55.0 Å². The number of aryl methyl sites for hydroxylation is 1. The summed E-state index contributed by atoms with van der Waals surface area (Å²) in [6.07, 6.45) is 2.94. The van der Waals surface area contributed by atoms with Gasteiger partial charge in [0.15, 0.2) is 0 Å². The predicted molar refractivity (Wildman–Crippen MR) is 96.9 cm³/mol. The number of aromatic nitrogens is 1. The topological polar surface area (TPSA) is 74.2 Å². The molecule has 6 heteroatoms. The Hall–Kier alpha value is -2.86. The first-order chi connectivity index (χ1) is 11.7. The van der Waals surface area contributed by atoms with Crippen LogP contribution in [0.4, 0.5) is 17.1 Å². The number of hydrogen-bond acceptors (Lipinski definition) is 5. The average Bonchev–Trinajstić information content (AvgIpc) is 3.10. The lowest BCUT2D eigenvalue weighted by Crippen LogP contribution is -2.11. The number of nitrogens with one attached hydrogen (secondary N) is 2. The summed E-state index contributed by atoms with van der Waals surface area (Å²) >= 11 is 1.56. The fourth-order valence-electron chi connectivity index (χ4n) is 2.17. The van der Waals surface area contributed by atoms with Gasteiger partial charge in [0.1, 0.15) is 5.75 Å². The molecule has 0 atom stereocenters. The molecule has 0 aliphatic rings. The lowest BCUT2D eigenvalue weighted by Gasteiger charge is -2.09. The largest absolute Gasteiger partial charge is 0.508 e. The molecule has 0 unspecified atom stereocenters. The van der Waals surface area contributed by atoms with E-state index in [-0.39, 0.29) is 11.7 Å². The van der Waals surface area contributed by atoms with Gasteiger partial charge in [0, 0.05) is 34.6 Å². The Labute approximate surface area is 144 Å². The van der Waals surface area contributed by atoms with Gasteiger partial charge in [0.25, 0.3) is 0 Å². The van der Waals surface area contributed by atoms with Gasteiger partial charge < -0.3 is 15.7 Å². The van der Waals surface area contributed by atoms with Crippen LogP contribution >= 0.6 is 11.3 Å². The second kappa shape index (κ2) is 7.61. The van der Waals surface area contributed by atoms with E-state index in [1.54, 1.807) is 47.3 Å². The van der Waals surface area contributed by atoms with Crippen LogP contribution in [-0.4, -0.2) is 16.0 Å². The lowest BCUT2D eigenvalue weighted by molar-refractivity contribution is -0.116. The van der Waals surface area contributed by atoms with E-state index in [0.717, 1.165) is 21.9 Å². The van der Waals surface area contributed by atoms with E-state index in [1.807, 2.05) is 24.3 Å². The fourth-order valence-corrected chi connectivity index (χ4v) is 2.77. The number of hydrogen-bond donors (Lipinski definition) is 3. The zero-order chi connectivity index (χ0) is 16.8.